The van der Waals surface area contributed by atoms with Gasteiger partial charge in [-0.15, -0.1) is 0 Å². The Morgan fingerprint density at radius 2 is 2.10 bits per heavy atom. The van der Waals surface area contributed by atoms with Gasteiger partial charge in [0.2, 0.25) is 5.95 Å². The first-order chi connectivity index (χ1) is 14.1. The molecule has 0 amide bonds. The fourth-order valence-electron chi connectivity index (χ4n) is 3.26. The molecule has 4 N–H and O–H groups in total. The van der Waals surface area contributed by atoms with E-state index in [2.05, 4.69) is 36.2 Å². The molecule has 1 aliphatic rings. The second-order valence-corrected chi connectivity index (χ2v) is 8.14. The van der Waals surface area contributed by atoms with E-state index in [4.69, 9.17) is 17.3 Å². The lowest BCUT2D eigenvalue weighted by Crippen LogP contribution is -2.28. The Morgan fingerprint density at radius 3 is 2.77 bits per heavy atom. The first-order valence-electron chi connectivity index (χ1n) is 8.86. The quantitative estimate of drug-likeness (QED) is 0.499. The molecule has 7 nitrogen and oxygen atoms in total. The number of halogens is 5. The number of anilines is 3. The van der Waals surface area contributed by atoms with E-state index in [1.165, 1.54) is 12.3 Å². The molecule has 1 fully saturated rings. The van der Waals surface area contributed by atoms with Crippen LogP contribution in [0.4, 0.5) is 30.6 Å². The van der Waals surface area contributed by atoms with E-state index in [9.17, 15) is 18.0 Å². The lowest BCUT2D eigenvalue weighted by molar-refractivity contribution is -0.137. The average molecular weight is 504 g/mol. The number of H-pyrrole nitrogens is 1. The van der Waals surface area contributed by atoms with Crippen LogP contribution in [0, 0.1) is 0 Å². The minimum atomic E-state index is -4.63. The zero-order valence-corrected chi connectivity index (χ0v) is 17.6. The Balaban J connectivity index is 1.85. The SMILES string of the molecule is NC1CCN(c2nc(Nc3ccc(Cl)c(C(F)(F)F)c3)c3c(=O)[nH]cc(Br)c3n2)C1. The highest BCUT2D eigenvalue weighted by atomic mass is 79.9. The van der Waals surface area contributed by atoms with E-state index >= 15 is 0 Å². The first kappa shape index (κ1) is 20.9. The molecular formula is C18H15BrClF3N6O. The van der Waals surface area contributed by atoms with E-state index in [-0.39, 0.29) is 22.9 Å². The van der Waals surface area contributed by atoms with Gasteiger partial charge in [-0.05, 0) is 40.5 Å². The van der Waals surface area contributed by atoms with Crippen LogP contribution in [-0.2, 0) is 6.18 Å². The van der Waals surface area contributed by atoms with Gasteiger partial charge in [0.15, 0.2) is 0 Å². The molecule has 1 aliphatic heterocycles. The second kappa shape index (κ2) is 7.71. The highest BCUT2D eigenvalue weighted by molar-refractivity contribution is 9.10. The van der Waals surface area contributed by atoms with Gasteiger partial charge in [-0.2, -0.15) is 18.2 Å². The topological polar surface area (TPSA) is 99.9 Å². The molecule has 1 unspecified atom stereocenters. The zero-order valence-electron chi connectivity index (χ0n) is 15.2. The third-order valence-electron chi connectivity index (χ3n) is 4.72. The fourth-order valence-corrected chi connectivity index (χ4v) is 3.89. The van der Waals surface area contributed by atoms with Crippen molar-refractivity contribution in [2.24, 2.45) is 5.73 Å². The number of hydrogen-bond acceptors (Lipinski definition) is 6. The summed E-state index contributed by atoms with van der Waals surface area (Å²) < 4.78 is 40.2. The van der Waals surface area contributed by atoms with E-state index in [0.717, 1.165) is 18.6 Å². The summed E-state index contributed by atoms with van der Waals surface area (Å²) in [6, 6.07) is 3.35. The maximum absolute atomic E-state index is 13.2. The lowest BCUT2D eigenvalue weighted by Gasteiger charge is -2.19. The molecule has 3 heterocycles. The van der Waals surface area contributed by atoms with Crippen LogP contribution in [0.1, 0.15) is 12.0 Å². The highest BCUT2D eigenvalue weighted by Crippen LogP contribution is 2.37. The average Bonchev–Trinajstić information content (AvgIpc) is 3.11. The van der Waals surface area contributed by atoms with E-state index in [1.807, 2.05) is 4.90 Å². The van der Waals surface area contributed by atoms with E-state index in [1.54, 1.807) is 0 Å². The second-order valence-electron chi connectivity index (χ2n) is 6.87. The minimum absolute atomic E-state index is 0.0334. The van der Waals surface area contributed by atoms with Crippen molar-refractivity contribution in [3.8, 4) is 0 Å². The van der Waals surface area contributed by atoms with Gasteiger partial charge < -0.3 is 20.9 Å². The Labute approximate surface area is 181 Å². The van der Waals surface area contributed by atoms with Gasteiger partial charge in [0.1, 0.15) is 11.2 Å². The summed E-state index contributed by atoms with van der Waals surface area (Å²) in [5.41, 5.74) is 4.90. The molecule has 12 heteroatoms. The molecule has 30 heavy (non-hydrogen) atoms. The molecule has 1 aromatic carbocycles. The van der Waals surface area contributed by atoms with Crippen LogP contribution < -0.4 is 21.5 Å². The normalized spacial score (nSPS) is 17.0. The maximum Gasteiger partial charge on any atom is 0.417 e. The van der Waals surface area contributed by atoms with Gasteiger partial charge in [0.05, 0.1) is 20.6 Å². The lowest BCUT2D eigenvalue weighted by atomic mass is 10.2. The number of rotatable bonds is 3. The largest absolute Gasteiger partial charge is 0.417 e. The summed E-state index contributed by atoms with van der Waals surface area (Å²) in [4.78, 5) is 25.8. The monoisotopic (exact) mass is 502 g/mol. The summed E-state index contributed by atoms with van der Waals surface area (Å²) >= 11 is 9.05. The number of aromatic amines is 1. The number of benzene rings is 1. The number of nitrogens with one attached hydrogen (secondary N) is 2. The van der Waals surface area contributed by atoms with Crippen LogP contribution in [0.15, 0.2) is 33.7 Å². The Kier molecular flexibility index (Phi) is 5.37. The standard InChI is InChI=1S/C18H15BrClF3N6O/c19-11-6-25-16(30)13-14(11)27-17(29-4-3-8(24)7-29)28-15(13)26-9-1-2-12(20)10(5-9)18(21,22)23/h1-2,5-6,8H,3-4,7,24H2,(H,25,30)(H,26,27,28). The summed E-state index contributed by atoms with van der Waals surface area (Å²) in [6.45, 7) is 1.16. The fraction of sp³-hybridized carbons (Fsp3) is 0.278. The van der Waals surface area contributed by atoms with Crippen molar-refractivity contribution in [1.82, 2.24) is 15.0 Å². The van der Waals surface area contributed by atoms with Crippen molar-refractivity contribution < 1.29 is 13.2 Å². The molecule has 158 valence electrons. The molecule has 0 aliphatic carbocycles. The molecule has 0 bridgehead atoms. The number of pyridine rings is 1. The number of fused-ring (bicyclic) bond motifs is 1. The molecule has 1 atom stereocenters. The molecule has 4 rings (SSSR count). The van der Waals surface area contributed by atoms with E-state index in [0.29, 0.717) is 29.0 Å². The predicted molar refractivity (Wildman–Crippen MR) is 112 cm³/mol. The smallest absolute Gasteiger partial charge is 0.339 e. The first-order valence-corrected chi connectivity index (χ1v) is 10.0. The summed E-state index contributed by atoms with van der Waals surface area (Å²) in [5.74, 6) is 0.405. The van der Waals surface area contributed by atoms with Gasteiger partial charge in [-0.25, -0.2) is 4.98 Å². The van der Waals surface area contributed by atoms with Crippen molar-refractivity contribution >= 4 is 55.9 Å². The van der Waals surface area contributed by atoms with Crippen LogP contribution in [0.25, 0.3) is 10.9 Å². The van der Waals surface area contributed by atoms with E-state index < -0.39 is 22.3 Å². The molecule has 0 spiro atoms. The number of hydrogen-bond donors (Lipinski definition) is 3. The maximum atomic E-state index is 13.2. The molecule has 3 aromatic rings. The summed E-state index contributed by atoms with van der Waals surface area (Å²) in [5, 5.41) is 2.51. The van der Waals surface area contributed by atoms with Crippen molar-refractivity contribution in [2.45, 2.75) is 18.6 Å². The van der Waals surface area contributed by atoms with Gasteiger partial charge in [-0.3, -0.25) is 4.79 Å². The number of aromatic nitrogens is 3. The Bertz CT molecular complexity index is 1190. The molecule has 1 saturated heterocycles. The van der Waals surface area contributed by atoms with Crippen molar-refractivity contribution in [3.63, 3.8) is 0 Å². The van der Waals surface area contributed by atoms with Gasteiger partial charge in [0.25, 0.3) is 5.56 Å². The van der Waals surface area contributed by atoms with Crippen molar-refractivity contribution in [1.29, 1.82) is 0 Å². The molecule has 0 radical (unpaired) electrons. The van der Waals surface area contributed by atoms with Crippen LogP contribution in [0.3, 0.4) is 0 Å². The number of nitrogens with two attached hydrogens (primary N) is 1. The number of alkyl halides is 3. The number of nitrogens with zero attached hydrogens (tertiary/aromatic N) is 3. The van der Waals surface area contributed by atoms with Crippen molar-refractivity contribution in [2.75, 3.05) is 23.3 Å². The molecular weight excluding hydrogens is 489 g/mol. The minimum Gasteiger partial charge on any atom is -0.339 e. The van der Waals surface area contributed by atoms with Gasteiger partial charge in [-0.1, -0.05) is 11.6 Å². The van der Waals surface area contributed by atoms with Crippen LogP contribution >= 0.6 is 27.5 Å². The van der Waals surface area contributed by atoms with Crippen LogP contribution in [-0.4, -0.2) is 34.1 Å². The summed E-state index contributed by atoms with van der Waals surface area (Å²) in [6.07, 6.45) is -2.42. The van der Waals surface area contributed by atoms with Gasteiger partial charge >= 0.3 is 6.18 Å². The Morgan fingerprint density at radius 1 is 1.33 bits per heavy atom. The Hall–Kier alpha value is -2.37. The predicted octanol–water partition coefficient (Wildman–Crippen LogP) is 4.03. The van der Waals surface area contributed by atoms with Crippen molar-refractivity contribution in [3.05, 3.63) is 49.8 Å². The van der Waals surface area contributed by atoms with Crippen LogP contribution in [0.5, 0.6) is 0 Å². The summed E-state index contributed by atoms with van der Waals surface area (Å²) in [7, 11) is 0. The van der Waals surface area contributed by atoms with Gasteiger partial charge in [0, 0.05) is 31.0 Å². The van der Waals surface area contributed by atoms with Crippen LogP contribution in [0.2, 0.25) is 5.02 Å². The molecule has 2 aromatic heterocycles. The third kappa shape index (κ3) is 3.96. The zero-order chi connectivity index (χ0) is 21.6. The molecule has 0 saturated carbocycles. The highest BCUT2D eigenvalue weighted by Gasteiger charge is 2.33. The third-order valence-corrected chi connectivity index (χ3v) is 5.66.